The lowest BCUT2D eigenvalue weighted by molar-refractivity contribution is -0.133. The molecule has 0 saturated heterocycles. The Labute approximate surface area is 100 Å². The molecule has 0 radical (unpaired) electrons. The molecular formula is C13H16O4. The Bertz CT molecular complexity index is 381. The van der Waals surface area contributed by atoms with Gasteiger partial charge in [-0.3, -0.25) is 0 Å². The second-order valence-electron chi connectivity index (χ2n) is 3.52. The zero-order valence-corrected chi connectivity index (χ0v) is 9.81. The van der Waals surface area contributed by atoms with E-state index in [1.54, 1.807) is 24.3 Å². The van der Waals surface area contributed by atoms with Crippen molar-refractivity contribution in [3.63, 3.8) is 0 Å². The van der Waals surface area contributed by atoms with Crippen LogP contribution >= 0.6 is 0 Å². The van der Waals surface area contributed by atoms with Crippen molar-refractivity contribution in [2.75, 3.05) is 13.2 Å². The number of benzene rings is 1. The fraction of sp³-hybridized carbons (Fsp3) is 0.308. The second kappa shape index (κ2) is 6.58. The quantitative estimate of drug-likeness (QED) is 0.739. The summed E-state index contributed by atoms with van der Waals surface area (Å²) in [6, 6.07) is 7.04. The summed E-state index contributed by atoms with van der Waals surface area (Å²) in [5.74, 6) is 0.320. The van der Waals surface area contributed by atoms with Crippen LogP contribution < -0.4 is 9.47 Å². The van der Waals surface area contributed by atoms with E-state index in [0.717, 1.165) is 12.2 Å². The van der Waals surface area contributed by atoms with Gasteiger partial charge in [-0.15, -0.1) is 0 Å². The van der Waals surface area contributed by atoms with Gasteiger partial charge in [0, 0.05) is 0 Å². The maximum absolute atomic E-state index is 10.5. The molecule has 17 heavy (non-hydrogen) atoms. The maximum atomic E-state index is 10.5. The zero-order valence-electron chi connectivity index (χ0n) is 9.81. The lowest BCUT2D eigenvalue weighted by Gasteiger charge is -2.07. The number of hydrogen-bond donors (Lipinski definition) is 1. The molecule has 0 aliphatic rings. The minimum absolute atomic E-state index is 0.0233. The maximum Gasteiger partial charge on any atom is 0.334 e. The van der Waals surface area contributed by atoms with Crippen molar-refractivity contribution in [2.45, 2.75) is 13.3 Å². The highest BCUT2D eigenvalue weighted by Crippen LogP contribution is 2.18. The molecule has 0 aromatic heterocycles. The molecular weight excluding hydrogens is 220 g/mol. The SMILES string of the molecule is C=C(COc1ccc(OCCC)cc1)C(=O)O. The summed E-state index contributed by atoms with van der Waals surface area (Å²) in [5.41, 5.74) is 0.0244. The van der Waals surface area contributed by atoms with Gasteiger partial charge in [-0.1, -0.05) is 13.5 Å². The average Bonchev–Trinajstić information content (AvgIpc) is 2.34. The highest BCUT2D eigenvalue weighted by atomic mass is 16.5. The lowest BCUT2D eigenvalue weighted by Crippen LogP contribution is -2.08. The van der Waals surface area contributed by atoms with E-state index in [-0.39, 0.29) is 12.2 Å². The highest BCUT2D eigenvalue weighted by molar-refractivity contribution is 5.86. The highest BCUT2D eigenvalue weighted by Gasteiger charge is 2.04. The minimum Gasteiger partial charge on any atom is -0.494 e. The van der Waals surface area contributed by atoms with Gasteiger partial charge in [-0.25, -0.2) is 4.79 Å². The number of aliphatic carboxylic acids is 1. The normalized spacial score (nSPS) is 9.71. The zero-order chi connectivity index (χ0) is 12.7. The van der Waals surface area contributed by atoms with E-state index < -0.39 is 5.97 Å². The molecule has 0 amide bonds. The summed E-state index contributed by atoms with van der Waals surface area (Å²) in [6.07, 6.45) is 0.955. The van der Waals surface area contributed by atoms with E-state index >= 15 is 0 Å². The second-order valence-corrected chi connectivity index (χ2v) is 3.52. The number of rotatable bonds is 7. The van der Waals surface area contributed by atoms with E-state index in [1.807, 2.05) is 6.92 Å². The molecule has 1 aromatic carbocycles. The molecule has 92 valence electrons. The molecule has 1 rings (SSSR count). The third kappa shape index (κ3) is 4.59. The van der Waals surface area contributed by atoms with Gasteiger partial charge >= 0.3 is 5.97 Å². The van der Waals surface area contributed by atoms with Crippen molar-refractivity contribution >= 4 is 5.97 Å². The number of carboxylic acids is 1. The van der Waals surface area contributed by atoms with Gasteiger partial charge in [0.2, 0.25) is 0 Å². The molecule has 0 unspecified atom stereocenters. The van der Waals surface area contributed by atoms with Crippen LogP contribution in [0, 0.1) is 0 Å². The molecule has 1 N–H and O–H groups in total. The predicted octanol–water partition coefficient (Wildman–Crippen LogP) is 2.50. The van der Waals surface area contributed by atoms with Gasteiger partial charge in [0.15, 0.2) is 0 Å². The van der Waals surface area contributed by atoms with Crippen LogP contribution in [0.5, 0.6) is 11.5 Å². The van der Waals surface area contributed by atoms with Crippen molar-refractivity contribution in [1.82, 2.24) is 0 Å². The van der Waals surface area contributed by atoms with Crippen molar-refractivity contribution in [1.29, 1.82) is 0 Å². The van der Waals surface area contributed by atoms with Crippen LogP contribution in [0.1, 0.15) is 13.3 Å². The van der Waals surface area contributed by atoms with E-state index in [0.29, 0.717) is 12.4 Å². The van der Waals surface area contributed by atoms with E-state index in [1.165, 1.54) is 0 Å². The standard InChI is InChI=1S/C13H16O4/c1-3-8-16-11-4-6-12(7-5-11)17-9-10(2)13(14)15/h4-7H,2-3,8-9H2,1H3,(H,14,15). The number of ether oxygens (including phenoxy) is 2. The van der Waals surface area contributed by atoms with E-state index in [4.69, 9.17) is 14.6 Å². The van der Waals surface area contributed by atoms with Crippen molar-refractivity contribution in [3.05, 3.63) is 36.4 Å². The molecule has 0 heterocycles. The third-order valence-electron chi connectivity index (χ3n) is 2.01. The fourth-order valence-corrected chi connectivity index (χ4v) is 1.08. The van der Waals surface area contributed by atoms with Gasteiger partial charge in [0.05, 0.1) is 12.2 Å². The Kier molecular flexibility index (Phi) is 5.07. The molecule has 0 aliphatic heterocycles. The largest absolute Gasteiger partial charge is 0.494 e. The van der Waals surface area contributed by atoms with Crippen LogP contribution in [0.25, 0.3) is 0 Å². The van der Waals surface area contributed by atoms with Crippen LogP contribution in [-0.2, 0) is 4.79 Å². The summed E-state index contributed by atoms with van der Waals surface area (Å²) in [4.78, 5) is 10.5. The van der Waals surface area contributed by atoms with E-state index in [2.05, 4.69) is 6.58 Å². The Morgan fingerprint density at radius 2 is 1.76 bits per heavy atom. The molecule has 0 spiro atoms. The topological polar surface area (TPSA) is 55.8 Å². The van der Waals surface area contributed by atoms with Gasteiger partial charge in [0.25, 0.3) is 0 Å². The van der Waals surface area contributed by atoms with Crippen molar-refractivity contribution in [3.8, 4) is 11.5 Å². The monoisotopic (exact) mass is 236 g/mol. The molecule has 4 heteroatoms. The number of carboxylic acid groups (broad SMARTS) is 1. The predicted molar refractivity (Wildman–Crippen MR) is 64.5 cm³/mol. The van der Waals surface area contributed by atoms with Crippen LogP contribution in [0.3, 0.4) is 0 Å². The first-order valence-corrected chi connectivity index (χ1v) is 5.40. The summed E-state index contributed by atoms with van der Waals surface area (Å²) in [7, 11) is 0. The number of carbonyl (C=O) groups is 1. The van der Waals surface area contributed by atoms with Crippen LogP contribution in [0.15, 0.2) is 36.4 Å². The van der Waals surface area contributed by atoms with E-state index in [9.17, 15) is 4.79 Å². The van der Waals surface area contributed by atoms with Gasteiger partial charge in [-0.2, -0.15) is 0 Å². The Morgan fingerprint density at radius 1 is 1.24 bits per heavy atom. The molecule has 0 atom stereocenters. The van der Waals surface area contributed by atoms with Gasteiger partial charge in [-0.05, 0) is 30.7 Å². The van der Waals surface area contributed by atoms with Crippen molar-refractivity contribution < 1.29 is 19.4 Å². The first-order chi connectivity index (χ1) is 8.13. The van der Waals surface area contributed by atoms with Crippen LogP contribution in [0.4, 0.5) is 0 Å². The molecule has 0 fully saturated rings. The molecule has 4 nitrogen and oxygen atoms in total. The summed E-state index contributed by atoms with van der Waals surface area (Å²) in [6.45, 7) is 6.07. The number of hydrogen-bond acceptors (Lipinski definition) is 3. The van der Waals surface area contributed by atoms with Crippen molar-refractivity contribution in [2.24, 2.45) is 0 Å². The lowest BCUT2D eigenvalue weighted by atomic mass is 10.3. The molecule has 1 aromatic rings. The smallest absolute Gasteiger partial charge is 0.334 e. The van der Waals surface area contributed by atoms with Crippen LogP contribution in [-0.4, -0.2) is 24.3 Å². The van der Waals surface area contributed by atoms with Crippen LogP contribution in [0.2, 0.25) is 0 Å². The average molecular weight is 236 g/mol. The Hall–Kier alpha value is -1.97. The first-order valence-electron chi connectivity index (χ1n) is 5.40. The summed E-state index contributed by atoms with van der Waals surface area (Å²) < 4.78 is 10.7. The summed E-state index contributed by atoms with van der Waals surface area (Å²) >= 11 is 0. The Morgan fingerprint density at radius 3 is 2.24 bits per heavy atom. The minimum atomic E-state index is -1.05. The molecule has 0 saturated carbocycles. The Balaban J connectivity index is 2.45. The van der Waals surface area contributed by atoms with Gasteiger partial charge in [0.1, 0.15) is 18.1 Å². The third-order valence-corrected chi connectivity index (χ3v) is 2.01. The molecule has 0 aliphatic carbocycles. The van der Waals surface area contributed by atoms with Gasteiger partial charge < -0.3 is 14.6 Å². The fourth-order valence-electron chi connectivity index (χ4n) is 1.08. The first kappa shape index (κ1) is 13.1. The summed E-state index contributed by atoms with van der Waals surface area (Å²) in [5, 5.41) is 8.60. The molecule has 0 bridgehead atoms.